The maximum absolute atomic E-state index is 12.1. The number of carbonyl (C=O) groups excluding carboxylic acids is 1. The van der Waals surface area contributed by atoms with Crippen molar-refractivity contribution < 1.29 is 9.53 Å². The Kier molecular flexibility index (Phi) is 6.78. The molecule has 0 fully saturated rings. The molecule has 1 amide bonds. The summed E-state index contributed by atoms with van der Waals surface area (Å²) < 4.78 is 5.73. The van der Waals surface area contributed by atoms with Crippen molar-refractivity contribution in [3.63, 3.8) is 0 Å². The Labute approximate surface area is 143 Å². The van der Waals surface area contributed by atoms with Crippen molar-refractivity contribution in [3.8, 4) is 11.5 Å². The number of nitrogens with zero attached hydrogens (tertiary/aromatic N) is 1. The number of para-hydroxylation sites is 1. The van der Waals surface area contributed by atoms with Crippen molar-refractivity contribution in [2.45, 2.75) is 13.0 Å². The van der Waals surface area contributed by atoms with Gasteiger partial charge in [-0.3, -0.25) is 4.79 Å². The first-order valence-corrected chi connectivity index (χ1v) is 8.06. The zero-order valence-corrected chi connectivity index (χ0v) is 14.5. The van der Waals surface area contributed by atoms with Crippen LogP contribution in [-0.4, -0.2) is 44.0 Å². The summed E-state index contributed by atoms with van der Waals surface area (Å²) in [6.45, 7) is 3.52. The molecule has 24 heavy (non-hydrogen) atoms. The third kappa shape index (κ3) is 6.02. The van der Waals surface area contributed by atoms with Gasteiger partial charge in [-0.1, -0.05) is 18.2 Å². The number of hydrogen-bond acceptors (Lipinski definition) is 4. The standard InChI is InChI=1S/C19H25N3O2/c1-15(20-13-14-22(2)3)19(23)21-16-9-11-18(12-10-16)24-17-7-5-4-6-8-17/h4-12,15,20H,13-14H2,1-3H3,(H,21,23)/t15-/m0/s1. The van der Waals surface area contributed by atoms with Crippen LogP contribution in [0.2, 0.25) is 0 Å². The molecule has 0 unspecified atom stereocenters. The lowest BCUT2D eigenvalue weighted by molar-refractivity contribution is -0.117. The van der Waals surface area contributed by atoms with Crippen LogP contribution in [0.4, 0.5) is 5.69 Å². The molecule has 2 aromatic carbocycles. The highest BCUT2D eigenvalue weighted by atomic mass is 16.5. The van der Waals surface area contributed by atoms with Crippen LogP contribution in [0, 0.1) is 0 Å². The van der Waals surface area contributed by atoms with Gasteiger partial charge in [-0.15, -0.1) is 0 Å². The van der Waals surface area contributed by atoms with Gasteiger partial charge in [-0.2, -0.15) is 0 Å². The quantitative estimate of drug-likeness (QED) is 0.783. The molecule has 0 saturated heterocycles. The van der Waals surface area contributed by atoms with E-state index < -0.39 is 0 Å². The lowest BCUT2D eigenvalue weighted by Crippen LogP contribution is -2.41. The maximum Gasteiger partial charge on any atom is 0.241 e. The Bertz CT molecular complexity index is 627. The minimum Gasteiger partial charge on any atom is -0.457 e. The van der Waals surface area contributed by atoms with Crippen LogP contribution in [0.25, 0.3) is 0 Å². The van der Waals surface area contributed by atoms with Gasteiger partial charge in [-0.25, -0.2) is 0 Å². The van der Waals surface area contributed by atoms with Crippen LogP contribution >= 0.6 is 0 Å². The van der Waals surface area contributed by atoms with Gasteiger partial charge in [0.25, 0.3) is 0 Å². The first-order valence-electron chi connectivity index (χ1n) is 8.06. The van der Waals surface area contributed by atoms with Crippen LogP contribution in [-0.2, 0) is 4.79 Å². The van der Waals surface area contributed by atoms with E-state index in [2.05, 4.69) is 15.5 Å². The molecule has 5 nitrogen and oxygen atoms in total. The predicted octanol–water partition coefficient (Wildman–Crippen LogP) is 2.96. The number of rotatable bonds is 8. The van der Waals surface area contributed by atoms with Crippen molar-refractivity contribution in [3.05, 3.63) is 54.6 Å². The molecule has 5 heteroatoms. The van der Waals surface area contributed by atoms with E-state index in [4.69, 9.17) is 4.74 Å². The zero-order chi connectivity index (χ0) is 17.4. The van der Waals surface area contributed by atoms with Crippen molar-refractivity contribution >= 4 is 11.6 Å². The first kappa shape index (κ1) is 18.0. The van der Waals surface area contributed by atoms with Gasteiger partial charge in [0.2, 0.25) is 5.91 Å². The highest BCUT2D eigenvalue weighted by Crippen LogP contribution is 2.22. The normalized spacial score (nSPS) is 12.0. The second kappa shape index (κ2) is 9.05. The number of nitrogens with one attached hydrogen (secondary N) is 2. The molecule has 2 N–H and O–H groups in total. The SMILES string of the molecule is C[C@H](NCCN(C)C)C(=O)Nc1ccc(Oc2ccccc2)cc1. The molecule has 1 atom stereocenters. The van der Waals surface area contributed by atoms with Crippen molar-refractivity contribution in [2.24, 2.45) is 0 Å². The van der Waals surface area contributed by atoms with E-state index in [0.29, 0.717) is 0 Å². The Morgan fingerprint density at radius 3 is 2.29 bits per heavy atom. The average molecular weight is 327 g/mol. The van der Waals surface area contributed by atoms with Crippen LogP contribution in [0.15, 0.2) is 54.6 Å². The number of likely N-dealkylation sites (N-methyl/N-ethyl adjacent to an activating group) is 1. The number of anilines is 1. The van der Waals surface area contributed by atoms with E-state index in [0.717, 1.165) is 30.3 Å². The van der Waals surface area contributed by atoms with Crippen LogP contribution in [0.3, 0.4) is 0 Å². The Balaban J connectivity index is 1.83. The minimum absolute atomic E-state index is 0.0505. The summed E-state index contributed by atoms with van der Waals surface area (Å²) >= 11 is 0. The van der Waals surface area contributed by atoms with Gasteiger partial charge in [0.1, 0.15) is 11.5 Å². The molecular weight excluding hydrogens is 302 g/mol. The Morgan fingerprint density at radius 1 is 1.04 bits per heavy atom. The van der Waals surface area contributed by atoms with Crippen LogP contribution in [0.5, 0.6) is 11.5 Å². The van der Waals surface area contributed by atoms with E-state index in [-0.39, 0.29) is 11.9 Å². The lowest BCUT2D eigenvalue weighted by Gasteiger charge is -2.16. The number of ether oxygens (including phenoxy) is 1. The first-order chi connectivity index (χ1) is 11.5. The molecule has 0 saturated carbocycles. The number of carbonyl (C=O) groups is 1. The summed E-state index contributed by atoms with van der Waals surface area (Å²) in [7, 11) is 4.01. The van der Waals surface area contributed by atoms with E-state index in [1.165, 1.54) is 0 Å². The molecule has 0 radical (unpaired) electrons. The molecule has 0 heterocycles. The molecule has 0 bridgehead atoms. The molecule has 0 spiro atoms. The van der Waals surface area contributed by atoms with Crippen molar-refractivity contribution in [1.82, 2.24) is 10.2 Å². The van der Waals surface area contributed by atoms with Gasteiger partial charge in [0.15, 0.2) is 0 Å². The number of benzene rings is 2. The monoisotopic (exact) mass is 327 g/mol. The molecule has 128 valence electrons. The van der Waals surface area contributed by atoms with E-state index >= 15 is 0 Å². The third-order valence-corrected chi connectivity index (χ3v) is 3.50. The predicted molar refractivity (Wildman–Crippen MR) is 97.6 cm³/mol. The fourth-order valence-corrected chi connectivity index (χ4v) is 2.08. The van der Waals surface area contributed by atoms with Gasteiger partial charge in [-0.05, 0) is 57.4 Å². The number of hydrogen-bond donors (Lipinski definition) is 2. The van der Waals surface area contributed by atoms with Gasteiger partial charge < -0.3 is 20.3 Å². The van der Waals surface area contributed by atoms with Crippen LogP contribution < -0.4 is 15.4 Å². The van der Waals surface area contributed by atoms with Crippen molar-refractivity contribution in [1.29, 1.82) is 0 Å². The molecule has 0 aliphatic rings. The minimum atomic E-state index is -0.245. The molecule has 0 aliphatic heterocycles. The second-order valence-corrected chi connectivity index (χ2v) is 5.91. The maximum atomic E-state index is 12.1. The summed E-state index contributed by atoms with van der Waals surface area (Å²) in [5.74, 6) is 1.47. The zero-order valence-electron chi connectivity index (χ0n) is 14.5. The lowest BCUT2D eigenvalue weighted by atomic mass is 10.2. The molecule has 2 aromatic rings. The smallest absolute Gasteiger partial charge is 0.241 e. The highest BCUT2D eigenvalue weighted by Gasteiger charge is 2.12. The topological polar surface area (TPSA) is 53.6 Å². The molecule has 0 aliphatic carbocycles. The van der Waals surface area contributed by atoms with Crippen molar-refractivity contribution in [2.75, 3.05) is 32.5 Å². The summed E-state index contributed by atoms with van der Waals surface area (Å²) in [6.07, 6.45) is 0. The average Bonchev–Trinajstić information content (AvgIpc) is 2.57. The Hall–Kier alpha value is -2.37. The van der Waals surface area contributed by atoms with E-state index in [1.807, 2.05) is 75.6 Å². The van der Waals surface area contributed by atoms with Gasteiger partial charge >= 0.3 is 0 Å². The second-order valence-electron chi connectivity index (χ2n) is 5.91. The Morgan fingerprint density at radius 2 is 1.67 bits per heavy atom. The van der Waals surface area contributed by atoms with E-state index in [9.17, 15) is 4.79 Å². The highest BCUT2D eigenvalue weighted by molar-refractivity contribution is 5.94. The summed E-state index contributed by atoms with van der Waals surface area (Å²) in [6, 6.07) is 16.7. The third-order valence-electron chi connectivity index (χ3n) is 3.50. The largest absolute Gasteiger partial charge is 0.457 e. The number of amides is 1. The fraction of sp³-hybridized carbons (Fsp3) is 0.316. The molecule has 2 rings (SSSR count). The fourth-order valence-electron chi connectivity index (χ4n) is 2.08. The summed E-state index contributed by atoms with van der Waals surface area (Å²) in [5.41, 5.74) is 0.752. The van der Waals surface area contributed by atoms with Gasteiger partial charge in [0.05, 0.1) is 6.04 Å². The van der Waals surface area contributed by atoms with Gasteiger partial charge in [0, 0.05) is 18.8 Å². The molecule has 0 aromatic heterocycles. The van der Waals surface area contributed by atoms with Crippen LogP contribution in [0.1, 0.15) is 6.92 Å². The summed E-state index contributed by atoms with van der Waals surface area (Å²) in [5, 5.41) is 6.10. The summed E-state index contributed by atoms with van der Waals surface area (Å²) in [4.78, 5) is 14.2. The van der Waals surface area contributed by atoms with E-state index in [1.54, 1.807) is 0 Å². The molecular formula is C19H25N3O2.